The van der Waals surface area contributed by atoms with Crippen molar-refractivity contribution in [1.29, 1.82) is 0 Å². The van der Waals surface area contributed by atoms with E-state index in [0.717, 1.165) is 58.0 Å². The maximum absolute atomic E-state index is 12.5. The molecule has 0 aromatic heterocycles. The van der Waals surface area contributed by atoms with Crippen molar-refractivity contribution in [2.24, 2.45) is 0 Å². The van der Waals surface area contributed by atoms with Gasteiger partial charge >= 0.3 is 24.1 Å². The first-order valence-electron chi connectivity index (χ1n) is 22.2. The van der Waals surface area contributed by atoms with E-state index in [4.69, 9.17) is 18.9 Å². The predicted molar refractivity (Wildman–Crippen MR) is 222 cm³/mol. The van der Waals surface area contributed by atoms with Crippen LogP contribution >= 0.6 is 0 Å². The molecule has 2 atom stereocenters. The van der Waals surface area contributed by atoms with Crippen LogP contribution in [0.1, 0.15) is 175 Å². The lowest BCUT2D eigenvalue weighted by molar-refractivity contribution is -0.144. The number of hydrogen-bond acceptors (Lipinski definition) is 10. The second kappa shape index (κ2) is 38.3. The molecule has 2 amide bonds. The van der Waals surface area contributed by atoms with E-state index >= 15 is 0 Å². The fourth-order valence-electron chi connectivity index (χ4n) is 6.18. The first-order chi connectivity index (χ1) is 26.6. The quantitative estimate of drug-likeness (QED) is 0.0355. The highest BCUT2D eigenvalue weighted by molar-refractivity contribution is 5.70. The van der Waals surface area contributed by atoms with Gasteiger partial charge in [0.05, 0.1) is 26.1 Å². The Morgan fingerprint density at radius 2 is 0.909 bits per heavy atom. The van der Waals surface area contributed by atoms with Gasteiger partial charge in [0.2, 0.25) is 0 Å². The normalized spacial score (nSPS) is 12.4. The number of amides is 2. The van der Waals surface area contributed by atoms with Crippen LogP contribution in [0.5, 0.6) is 0 Å². The minimum atomic E-state index is -0.376. The molecule has 0 bridgehead atoms. The summed E-state index contributed by atoms with van der Waals surface area (Å²) in [6.45, 7) is 12.8. The Labute approximate surface area is 336 Å². The average Bonchev–Trinajstić information content (AvgIpc) is 3.16. The smallest absolute Gasteiger partial charge is 0.407 e. The molecule has 12 heteroatoms. The van der Waals surface area contributed by atoms with Crippen molar-refractivity contribution in [3.63, 3.8) is 0 Å². The molecule has 324 valence electrons. The summed E-state index contributed by atoms with van der Waals surface area (Å²) in [5.74, 6) is -0.540. The van der Waals surface area contributed by atoms with E-state index in [0.29, 0.717) is 65.1 Å². The molecule has 0 aromatic carbocycles. The standard InChI is InChI=1S/C43H84N4O8/c1-7-11-13-15-17-19-26-38(9-3)54-42(50)44-30-21-23-36-52-40(48)28-34-47(33-25-32-46(5)6)35-29-41(49)53-37-24-22-31-45-43(51)55-39(10-4)27-20-18-16-14-12-8-2/h38-39H,7-37H2,1-6H3,(H,44,50)(H,45,51). The van der Waals surface area contributed by atoms with Crippen molar-refractivity contribution >= 4 is 24.1 Å². The van der Waals surface area contributed by atoms with Gasteiger partial charge in [-0.15, -0.1) is 0 Å². The van der Waals surface area contributed by atoms with Crippen LogP contribution in [0.2, 0.25) is 0 Å². The number of esters is 2. The average molecular weight is 785 g/mol. The van der Waals surface area contributed by atoms with Crippen LogP contribution in [0.3, 0.4) is 0 Å². The molecule has 0 fully saturated rings. The zero-order valence-corrected chi connectivity index (χ0v) is 36.2. The molecule has 2 N–H and O–H groups in total. The van der Waals surface area contributed by atoms with E-state index in [1.54, 1.807) is 0 Å². The van der Waals surface area contributed by atoms with E-state index in [9.17, 15) is 19.2 Å². The molecule has 0 aromatic rings. The zero-order chi connectivity index (χ0) is 40.8. The largest absolute Gasteiger partial charge is 0.466 e. The zero-order valence-electron chi connectivity index (χ0n) is 36.2. The molecule has 55 heavy (non-hydrogen) atoms. The number of carbonyl (C=O) groups is 4. The van der Waals surface area contributed by atoms with Crippen LogP contribution in [-0.2, 0) is 28.5 Å². The van der Waals surface area contributed by atoms with E-state index in [2.05, 4.69) is 34.3 Å². The Balaban J connectivity index is 4.19. The first kappa shape index (κ1) is 52.4. The van der Waals surface area contributed by atoms with Gasteiger partial charge in [-0.25, -0.2) is 9.59 Å². The van der Waals surface area contributed by atoms with Crippen molar-refractivity contribution < 1.29 is 38.1 Å². The Hall–Kier alpha value is -2.60. The predicted octanol–water partition coefficient (Wildman–Crippen LogP) is 9.18. The van der Waals surface area contributed by atoms with Crippen molar-refractivity contribution in [3.05, 3.63) is 0 Å². The van der Waals surface area contributed by atoms with Gasteiger partial charge in [0.1, 0.15) is 12.2 Å². The molecule has 0 saturated heterocycles. The Morgan fingerprint density at radius 3 is 1.31 bits per heavy atom. The lowest BCUT2D eigenvalue weighted by Crippen LogP contribution is -2.32. The summed E-state index contributed by atoms with van der Waals surface area (Å²) in [6, 6.07) is 0. The van der Waals surface area contributed by atoms with Crippen LogP contribution in [0, 0.1) is 0 Å². The van der Waals surface area contributed by atoms with E-state index in [-0.39, 0.29) is 49.2 Å². The Bertz CT molecular complexity index is 872. The van der Waals surface area contributed by atoms with E-state index in [1.165, 1.54) is 64.2 Å². The third-order valence-corrected chi connectivity index (χ3v) is 9.77. The van der Waals surface area contributed by atoms with Gasteiger partial charge in [-0.3, -0.25) is 9.59 Å². The van der Waals surface area contributed by atoms with Crippen LogP contribution < -0.4 is 10.6 Å². The number of carbonyl (C=O) groups excluding carboxylic acids is 4. The lowest BCUT2D eigenvalue weighted by Gasteiger charge is -2.22. The summed E-state index contributed by atoms with van der Waals surface area (Å²) >= 11 is 0. The van der Waals surface area contributed by atoms with Crippen molar-refractivity contribution in [2.75, 3.05) is 66.6 Å². The minimum Gasteiger partial charge on any atom is -0.466 e. The molecule has 2 unspecified atom stereocenters. The van der Waals surface area contributed by atoms with Gasteiger partial charge in [-0.2, -0.15) is 0 Å². The molecule has 0 aliphatic carbocycles. The number of unbranched alkanes of at least 4 members (excludes halogenated alkanes) is 12. The number of rotatable bonds is 38. The fraction of sp³-hybridized carbons (Fsp3) is 0.907. The summed E-state index contributed by atoms with van der Waals surface area (Å²) in [5.41, 5.74) is 0. The molecule has 0 aliphatic heterocycles. The van der Waals surface area contributed by atoms with Gasteiger partial charge in [0.15, 0.2) is 0 Å². The molecule has 0 aliphatic rings. The van der Waals surface area contributed by atoms with Gasteiger partial charge < -0.3 is 39.4 Å². The second-order valence-electron chi connectivity index (χ2n) is 15.2. The highest BCUT2D eigenvalue weighted by atomic mass is 16.6. The Morgan fingerprint density at radius 1 is 0.491 bits per heavy atom. The molecule has 0 radical (unpaired) electrons. The molecule has 12 nitrogen and oxygen atoms in total. The first-order valence-corrected chi connectivity index (χ1v) is 22.2. The highest BCUT2D eigenvalue weighted by Crippen LogP contribution is 2.14. The molecule has 0 saturated carbocycles. The summed E-state index contributed by atoms with van der Waals surface area (Å²) < 4.78 is 22.0. The summed E-state index contributed by atoms with van der Waals surface area (Å²) in [7, 11) is 4.04. The van der Waals surface area contributed by atoms with Crippen LogP contribution in [0.25, 0.3) is 0 Å². The number of nitrogens with one attached hydrogen (secondary N) is 2. The van der Waals surface area contributed by atoms with Crippen molar-refractivity contribution in [2.45, 2.75) is 188 Å². The van der Waals surface area contributed by atoms with Gasteiger partial charge in [0.25, 0.3) is 0 Å². The van der Waals surface area contributed by atoms with Gasteiger partial charge in [0, 0.05) is 26.2 Å². The van der Waals surface area contributed by atoms with Crippen LogP contribution in [-0.4, -0.2) is 113 Å². The van der Waals surface area contributed by atoms with Gasteiger partial charge in [-0.05, 0) is 97.8 Å². The van der Waals surface area contributed by atoms with Gasteiger partial charge in [-0.1, -0.05) is 91.9 Å². The molecule has 0 heterocycles. The molecular formula is C43H84N4O8. The van der Waals surface area contributed by atoms with E-state index in [1.807, 2.05) is 27.9 Å². The third-order valence-electron chi connectivity index (χ3n) is 9.77. The SMILES string of the molecule is CCCCCCCCC(CC)OC(=O)NCCCCOC(=O)CCN(CCCN(C)C)CCC(=O)OCCCCNC(=O)OC(CC)CCCCCCCC. The number of hydrogen-bond donors (Lipinski definition) is 2. The Kier molecular flexibility index (Phi) is 36.5. The fourth-order valence-corrected chi connectivity index (χ4v) is 6.18. The maximum atomic E-state index is 12.5. The molecule has 0 spiro atoms. The third kappa shape index (κ3) is 35.6. The molecule has 0 rings (SSSR count). The summed E-state index contributed by atoms with van der Waals surface area (Å²) in [5, 5.41) is 5.64. The summed E-state index contributed by atoms with van der Waals surface area (Å²) in [6.07, 6.45) is 21.3. The lowest BCUT2D eigenvalue weighted by atomic mass is 10.1. The minimum absolute atomic E-state index is 0.0453. The van der Waals surface area contributed by atoms with Crippen molar-refractivity contribution in [3.8, 4) is 0 Å². The highest BCUT2D eigenvalue weighted by Gasteiger charge is 2.15. The molecular weight excluding hydrogens is 700 g/mol. The number of ether oxygens (including phenoxy) is 4. The van der Waals surface area contributed by atoms with Crippen molar-refractivity contribution in [1.82, 2.24) is 20.4 Å². The number of alkyl carbamates (subject to hydrolysis) is 2. The maximum Gasteiger partial charge on any atom is 0.407 e. The number of nitrogens with zero attached hydrogens (tertiary/aromatic N) is 2. The van der Waals surface area contributed by atoms with Crippen LogP contribution in [0.4, 0.5) is 9.59 Å². The summed E-state index contributed by atoms with van der Waals surface area (Å²) in [4.78, 5) is 53.6. The van der Waals surface area contributed by atoms with E-state index < -0.39 is 0 Å². The topological polar surface area (TPSA) is 136 Å². The van der Waals surface area contributed by atoms with Crippen LogP contribution in [0.15, 0.2) is 0 Å². The second-order valence-corrected chi connectivity index (χ2v) is 15.2. The monoisotopic (exact) mass is 785 g/mol.